The molecule has 2 aromatic heterocycles. The molecule has 2 heterocycles. The van der Waals surface area contributed by atoms with E-state index in [0.717, 1.165) is 5.03 Å². The van der Waals surface area contributed by atoms with E-state index >= 15 is 0 Å². The van der Waals surface area contributed by atoms with Gasteiger partial charge in [-0.2, -0.15) is 5.10 Å². The zero-order valence-corrected chi connectivity index (χ0v) is 9.89. The van der Waals surface area contributed by atoms with E-state index < -0.39 is 5.97 Å². The van der Waals surface area contributed by atoms with Crippen LogP contribution in [0.2, 0.25) is 0 Å². The van der Waals surface area contributed by atoms with Gasteiger partial charge in [0.2, 0.25) is 0 Å². The molecule has 2 aromatic rings. The smallest absolute Gasteiger partial charge is 0.339 e. The van der Waals surface area contributed by atoms with Gasteiger partial charge in [0.1, 0.15) is 10.6 Å². The fourth-order valence-corrected chi connectivity index (χ4v) is 2.21. The lowest BCUT2D eigenvalue weighted by atomic mass is 10.3. The molecule has 0 amide bonds. The van der Waals surface area contributed by atoms with Crippen LogP contribution in [-0.4, -0.2) is 30.8 Å². The molecule has 2 rings (SSSR count). The van der Waals surface area contributed by atoms with Crippen LogP contribution in [0.1, 0.15) is 16.1 Å². The van der Waals surface area contributed by atoms with E-state index in [0.29, 0.717) is 11.4 Å². The highest BCUT2D eigenvalue weighted by molar-refractivity contribution is 7.98. The monoisotopic (exact) mass is 250 g/mol. The van der Waals surface area contributed by atoms with Gasteiger partial charge in [-0.25, -0.2) is 9.78 Å². The third kappa shape index (κ3) is 2.62. The first-order valence-electron chi connectivity index (χ1n) is 4.81. The molecule has 0 aromatic carbocycles. The molecule has 7 heteroatoms. The average molecular weight is 250 g/mol. The lowest BCUT2D eigenvalue weighted by molar-refractivity contribution is 0.0696. The number of hydrogen-bond donors (Lipinski definition) is 1. The summed E-state index contributed by atoms with van der Waals surface area (Å²) < 4.78 is 1.56. The summed E-state index contributed by atoms with van der Waals surface area (Å²) in [5.41, 5.74) is 0.886. The molecule has 0 saturated carbocycles. The van der Waals surface area contributed by atoms with Gasteiger partial charge in [0.25, 0.3) is 0 Å². The van der Waals surface area contributed by atoms with Crippen LogP contribution < -0.4 is 0 Å². The Hall–Kier alpha value is -1.89. The molecule has 0 unspecified atom stereocenters. The maximum absolute atomic E-state index is 11.0. The van der Waals surface area contributed by atoms with E-state index in [1.807, 2.05) is 0 Å². The van der Waals surface area contributed by atoms with Crippen LogP contribution in [0.5, 0.6) is 0 Å². The third-order valence-corrected chi connectivity index (χ3v) is 3.11. The first-order valence-corrected chi connectivity index (χ1v) is 5.80. The molecule has 0 bridgehead atoms. The van der Waals surface area contributed by atoms with Crippen LogP contribution in [-0.2, 0) is 12.8 Å². The van der Waals surface area contributed by atoms with Crippen molar-refractivity contribution in [1.29, 1.82) is 0 Å². The molecule has 88 valence electrons. The Morgan fingerprint density at radius 1 is 1.47 bits per heavy atom. The van der Waals surface area contributed by atoms with Crippen molar-refractivity contribution in [3.8, 4) is 0 Å². The van der Waals surface area contributed by atoms with Gasteiger partial charge in [0.05, 0.1) is 18.1 Å². The number of carboxylic acids is 1. The molecule has 0 atom stereocenters. The SMILES string of the molecule is Cn1ncc(C(=O)O)c1CSc1cnccn1. The lowest BCUT2D eigenvalue weighted by Crippen LogP contribution is -2.03. The van der Waals surface area contributed by atoms with Crippen molar-refractivity contribution < 1.29 is 9.90 Å². The predicted octanol–water partition coefficient (Wildman–Crippen LogP) is 1.20. The van der Waals surface area contributed by atoms with E-state index in [1.54, 1.807) is 30.3 Å². The second-order valence-corrected chi connectivity index (χ2v) is 4.26. The first-order chi connectivity index (χ1) is 8.18. The summed E-state index contributed by atoms with van der Waals surface area (Å²) in [6.45, 7) is 0. The number of hydrogen-bond acceptors (Lipinski definition) is 5. The molecular formula is C10H10N4O2S. The lowest BCUT2D eigenvalue weighted by Gasteiger charge is -2.03. The average Bonchev–Trinajstić information content (AvgIpc) is 2.69. The summed E-state index contributed by atoms with van der Waals surface area (Å²) in [5.74, 6) is -0.468. The van der Waals surface area contributed by atoms with Crippen molar-refractivity contribution in [3.63, 3.8) is 0 Å². The van der Waals surface area contributed by atoms with Crippen molar-refractivity contribution in [2.75, 3.05) is 0 Å². The second kappa shape index (κ2) is 4.96. The quantitative estimate of drug-likeness (QED) is 0.821. The number of thioether (sulfide) groups is 1. The van der Waals surface area contributed by atoms with Crippen LogP contribution in [0.3, 0.4) is 0 Å². The van der Waals surface area contributed by atoms with Crippen molar-refractivity contribution in [3.05, 3.63) is 36.0 Å². The Kier molecular flexibility index (Phi) is 3.38. The van der Waals surface area contributed by atoms with Gasteiger partial charge in [0, 0.05) is 25.2 Å². The molecule has 1 N–H and O–H groups in total. The minimum absolute atomic E-state index is 0.226. The van der Waals surface area contributed by atoms with Gasteiger partial charge in [0.15, 0.2) is 0 Å². The van der Waals surface area contributed by atoms with E-state index in [9.17, 15) is 4.79 Å². The van der Waals surface area contributed by atoms with Gasteiger partial charge < -0.3 is 5.11 Å². The zero-order chi connectivity index (χ0) is 12.3. The van der Waals surface area contributed by atoms with Crippen molar-refractivity contribution in [1.82, 2.24) is 19.7 Å². The summed E-state index contributed by atoms with van der Waals surface area (Å²) >= 11 is 1.43. The van der Waals surface area contributed by atoms with E-state index in [2.05, 4.69) is 15.1 Å². The summed E-state index contributed by atoms with van der Waals surface area (Å²) in [4.78, 5) is 19.0. The summed E-state index contributed by atoms with van der Waals surface area (Å²) in [6.07, 6.45) is 6.19. The van der Waals surface area contributed by atoms with Crippen LogP contribution in [0.4, 0.5) is 0 Å². The topological polar surface area (TPSA) is 80.9 Å². The number of nitrogens with zero attached hydrogens (tertiary/aromatic N) is 4. The highest BCUT2D eigenvalue weighted by atomic mass is 32.2. The molecule has 6 nitrogen and oxygen atoms in total. The number of rotatable bonds is 4. The molecule has 0 spiro atoms. The van der Waals surface area contributed by atoms with Crippen molar-refractivity contribution in [2.45, 2.75) is 10.8 Å². The van der Waals surface area contributed by atoms with E-state index in [-0.39, 0.29) is 5.56 Å². The zero-order valence-electron chi connectivity index (χ0n) is 9.07. The Morgan fingerprint density at radius 3 is 2.94 bits per heavy atom. The van der Waals surface area contributed by atoms with Gasteiger partial charge >= 0.3 is 5.97 Å². The van der Waals surface area contributed by atoms with Crippen LogP contribution in [0.25, 0.3) is 0 Å². The number of aromatic nitrogens is 4. The van der Waals surface area contributed by atoms with Crippen LogP contribution >= 0.6 is 11.8 Å². The Bertz CT molecular complexity index is 526. The molecular weight excluding hydrogens is 240 g/mol. The predicted molar refractivity (Wildman–Crippen MR) is 61.8 cm³/mol. The normalized spacial score (nSPS) is 10.4. The summed E-state index contributed by atoms with van der Waals surface area (Å²) in [7, 11) is 1.72. The Balaban J connectivity index is 2.14. The number of carbonyl (C=O) groups is 1. The van der Waals surface area contributed by atoms with Gasteiger partial charge in [-0.05, 0) is 0 Å². The highest BCUT2D eigenvalue weighted by Gasteiger charge is 2.15. The van der Waals surface area contributed by atoms with Gasteiger partial charge in [-0.3, -0.25) is 9.67 Å². The maximum atomic E-state index is 11.0. The number of aromatic carboxylic acids is 1. The van der Waals surface area contributed by atoms with E-state index in [4.69, 9.17) is 5.11 Å². The van der Waals surface area contributed by atoms with Crippen LogP contribution in [0.15, 0.2) is 29.8 Å². The first kappa shape index (κ1) is 11.6. The van der Waals surface area contributed by atoms with Crippen molar-refractivity contribution >= 4 is 17.7 Å². The standard InChI is InChI=1S/C10H10N4O2S/c1-14-8(7(4-13-14)10(15)16)6-17-9-5-11-2-3-12-9/h2-5H,6H2,1H3,(H,15,16). The molecule has 0 aliphatic carbocycles. The Morgan fingerprint density at radius 2 is 2.29 bits per heavy atom. The minimum Gasteiger partial charge on any atom is -0.478 e. The number of carboxylic acid groups (broad SMARTS) is 1. The maximum Gasteiger partial charge on any atom is 0.339 e. The fraction of sp³-hybridized carbons (Fsp3) is 0.200. The molecule has 17 heavy (non-hydrogen) atoms. The molecule has 0 aliphatic rings. The molecule has 0 saturated heterocycles. The van der Waals surface area contributed by atoms with Gasteiger partial charge in [-0.1, -0.05) is 11.8 Å². The van der Waals surface area contributed by atoms with Gasteiger partial charge in [-0.15, -0.1) is 0 Å². The summed E-state index contributed by atoms with van der Waals surface area (Å²) in [5, 5.41) is 13.7. The van der Waals surface area contributed by atoms with E-state index in [1.165, 1.54) is 18.0 Å². The minimum atomic E-state index is -0.965. The third-order valence-electron chi connectivity index (χ3n) is 2.19. The largest absolute Gasteiger partial charge is 0.478 e. The number of aryl methyl sites for hydroxylation is 1. The fourth-order valence-electron chi connectivity index (χ4n) is 1.31. The van der Waals surface area contributed by atoms with Crippen LogP contribution in [0, 0.1) is 0 Å². The highest BCUT2D eigenvalue weighted by Crippen LogP contribution is 2.21. The molecule has 0 aliphatic heterocycles. The molecule has 0 fully saturated rings. The Labute approximate surface area is 102 Å². The molecule has 0 radical (unpaired) electrons. The summed E-state index contributed by atoms with van der Waals surface area (Å²) in [6, 6.07) is 0. The second-order valence-electron chi connectivity index (χ2n) is 3.27. The van der Waals surface area contributed by atoms with Crippen molar-refractivity contribution in [2.24, 2.45) is 7.05 Å².